The molecule has 20 heavy (non-hydrogen) atoms. The molecule has 1 aliphatic rings. The standard InChI is InChI=1S/C19H39N/c1-2-3-4-5-6-7-8-9-10-11-12-14-17-20-18-15-13-16-19-20/h2-19H2,1H3. The maximum atomic E-state index is 2.68. The molecule has 0 unspecified atom stereocenters. The van der Waals surface area contributed by atoms with Crippen LogP contribution in [0.2, 0.25) is 0 Å². The Kier molecular flexibility index (Phi) is 12.5. The molecule has 120 valence electrons. The van der Waals surface area contributed by atoms with Gasteiger partial charge in [0.1, 0.15) is 0 Å². The maximum Gasteiger partial charge on any atom is -0.00187 e. The molecule has 1 heteroatoms. The second-order valence-corrected chi connectivity index (χ2v) is 6.79. The fourth-order valence-electron chi connectivity index (χ4n) is 3.36. The lowest BCUT2D eigenvalue weighted by molar-refractivity contribution is 0.224. The molecule has 0 aromatic carbocycles. The zero-order valence-electron chi connectivity index (χ0n) is 14.2. The molecule has 0 saturated carbocycles. The normalized spacial score (nSPS) is 16.6. The van der Waals surface area contributed by atoms with Gasteiger partial charge in [0.2, 0.25) is 0 Å². The Balaban J connectivity index is 1.70. The number of hydrogen-bond acceptors (Lipinski definition) is 1. The van der Waals surface area contributed by atoms with Crippen LogP contribution in [0.1, 0.15) is 103 Å². The van der Waals surface area contributed by atoms with Crippen molar-refractivity contribution in [3.8, 4) is 0 Å². The van der Waals surface area contributed by atoms with E-state index in [-0.39, 0.29) is 0 Å². The Morgan fingerprint density at radius 3 is 1.50 bits per heavy atom. The number of likely N-dealkylation sites (tertiary alicyclic amines) is 1. The Hall–Kier alpha value is -0.0400. The SMILES string of the molecule is CCCCCCCCCCCCCCN1CCCCC1. The average molecular weight is 282 g/mol. The van der Waals surface area contributed by atoms with E-state index in [9.17, 15) is 0 Å². The quantitative estimate of drug-likeness (QED) is 0.365. The zero-order valence-corrected chi connectivity index (χ0v) is 14.2. The highest BCUT2D eigenvalue weighted by atomic mass is 15.1. The molecule has 1 saturated heterocycles. The summed E-state index contributed by atoms with van der Waals surface area (Å²) >= 11 is 0. The molecular weight excluding hydrogens is 242 g/mol. The van der Waals surface area contributed by atoms with Crippen molar-refractivity contribution in [2.24, 2.45) is 0 Å². The molecule has 1 heterocycles. The summed E-state index contributed by atoms with van der Waals surface area (Å²) in [7, 11) is 0. The van der Waals surface area contributed by atoms with E-state index in [0.29, 0.717) is 0 Å². The van der Waals surface area contributed by atoms with E-state index < -0.39 is 0 Å². The van der Waals surface area contributed by atoms with Crippen molar-refractivity contribution in [2.75, 3.05) is 19.6 Å². The molecular formula is C19H39N. The van der Waals surface area contributed by atoms with Crippen LogP contribution in [0.25, 0.3) is 0 Å². The smallest absolute Gasteiger partial charge is 0.00187 e. The Bertz CT molecular complexity index is 184. The van der Waals surface area contributed by atoms with Gasteiger partial charge in [0.05, 0.1) is 0 Å². The molecule has 0 bridgehead atoms. The van der Waals surface area contributed by atoms with Crippen LogP contribution in [0.3, 0.4) is 0 Å². The number of nitrogens with zero attached hydrogens (tertiary/aromatic N) is 1. The largest absolute Gasteiger partial charge is 0.303 e. The van der Waals surface area contributed by atoms with Crippen molar-refractivity contribution in [1.29, 1.82) is 0 Å². The third-order valence-corrected chi connectivity index (χ3v) is 4.78. The predicted octanol–water partition coefficient (Wildman–Crippen LogP) is 6.17. The van der Waals surface area contributed by atoms with Crippen LogP contribution in [0.4, 0.5) is 0 Å². The lowest BCUT2D eigenvalue weighted by Gasteiger charge is -2.26. The fourth-order valence-corrected chi connectivity index (χ4v) is 3.36. The summed E-state index contributed by atoms with van der Waals surface area (Å²) in [5, 5.41) is 0. The highest BCUT2D eigenvalue weighted by molar-refractivity contribution is 4.64. The molecule has 0 radical (unpaired) electrons. The van der Waals surface area contributed by atoms with Gasteiger partial charge in [0.25, 0.3) is 0 Å². The Morgan fingerprint density at radius 1 is 0.550 bits per heavy atom. The third-order valence-electron chi connectivity index (χ3n) is 4.78. The van der Waals surface area contributed by atoms with E-state index in [2.05, 4.69) is 11.8 Å². The Morgan fingerprint density at radius 2 is 1.00 bits per heavy atom. The molecule has 0 aromatic heterocycles. The van der Waals surface area contributed by atoms with Crippen LogP contribution in [0.15, 0.2) is 0 Å². The Labute approximate surface area is 128 Å². The summed E-state index contributed by atoms with van der Waals surface area (Å²) in [5.74, 6) is 0. The molecule has 0 N–H and O–H groups in total. The molecule has 1 aliphatic heterocycles. The van der Waals surface area contributed by atoms with Crippen LogP contribution in [0.5, 0.6) is 0 Å². The molecule has 0 aromatic rings. The van der Waals surface area contributed by atoms with Crippen LogP contribution in [0, 0.1) is 0 Å². The van der Waals surface area contributed by atoms with E-state index in [4.69, 9.17) is 0 Å². The number of unbranched alkanes of at least 4 members (excludes halogenated alkanes) is 11. The van der Waals surface area contributed by atoms with Crippen LogP contribution < -0.4 is 0 Å². The first kappa shape index (κ1) is 18.0. The van der Waals surface area contributed by atoms with Crippen molar-refractivity contribution >= 4 is 0 Å². The molecule has 0 atom stereocenters. The van der Waals surface area contributed by atoms with Gasteiger partial charge in [-0.2, -0.15) is 0 Å². The maximum absolute atomic E-state index is 2.68. The monoisotopic (exact) mass is 281 g/mol. The number of piperidine rings is 1. The summed E-state index contributed by atoms with van der Waals surface area (Å²) in [4.78, 5) is 2.68. The van der Waals surface area contributed by atoms with Gasteiger partial charge in [-0.1, -0.05) is 84.0 Å². The summed E-state index contributed by atoms with van der Waals surface area (Å²) < 4.78 is 0. The van der Waals surface area contributed by atoms with Gasteiger partial charge in [0, 0.05) is 0 Å². The molecule has 0 spiro atoms. The first-order valence-electron chi connectivity index (χ1n) is 9.66. The summed E-state index contributed by atoms with van der Waals surface area (Å²) in [6.07, 6.45) is 21.9. The minimum absolute atomic E-state index is 1.37. The van der Waals surface area contributed by atoms with Crippen LogP contribution in [-0.2, 0) is 0 Å². The first-order chi connectivity index (χ1) is 9.93. The van der Waals surface area contributed by atoms with Crippen molar-refractivity contribution in [3.05, 3.63) is 0 Å². The topological polar surface area (TPSA) is 3.24 Å². The highest BCUT2D eigenvalue weighted by Gasteiger charge is 2.08. The zero-order chi connectivity index (χ0) is 14.3. The average Bonchev–Trinajstić information content (AvgIpc) is 2.49. The van der Waals surface area contributed by atoms with E-state index in [0.717, 1.165) is 0 Å². The van der Waals surface area contributed by atoms with Gasteiger partial charge >= 0.3 is 0 Å². The summed E-state index contributed by atoms with van der Waals surface area (Å²) in [5.41, 5.74) is 0. The van der Waals surface area contributed by atoms with Gasteiger partial charge in [0.15, 0.2) is 0 Å². The van der Waals surface area contributed by atoms with Crippen LogP contribution >= 0.6 is 0 Å². The second kappa shape index (κ2) is 13.9. The highest BCUT2D eigenvalue weighted by Crippen LogP contribution is 2.13. The first-order valence-corrected chi connectivity index (χ1v) is 9.66. The molecule has 1 fully saturated rings. The van der Waals surface area contributed by atoms with Gasteiger partial charge in [-0.25, -0.2) is 0 Å². The van der Waals surface area contributed by atoms with Gasteiger partial charge in [-0.05, 0) is 38.9 Å². The number of hydrogen-bond donors (Lipinski definition) is 0. The molecule has 0 amide bonds. The van der Waals surface area contributed by atoms with Crippen molar-refractivity contribution in [3.63, 3.8) is 0 Å². The van der Waals surface area contributed by atoms with E-state index >= 15 is 0 Å². The predicted molar refractivity (Wildman–Crippen MR) is 91.4 cm³/mol. The van der Waals surface area contributed by atoms with E-state index in [1.807, 2.05) is 0 Å². The lowest BCUT2D eigenvalue weighted by Crippen LogP contribution is -2.30. The van der Waals surface area contributed by atoms with Crippen LogP contribution in [-0.4, -0.2) is 24.5 Å². The molecule has 0 aliphatic carbocycles. The number of rotatable bonds is 13. The van der Waals surface area contributed by atoms with Crippen molar-refractivity contribution < 1.29 is 0 Å². The van der Waals surface area contributed by atoms with E-state index in [1.165, 1.54) is 116 Å². The summed E-state index contributed by atoms with van der Waals surface area (Å²) in [6, 6.07) is 0. The molecule has 1 rings (SSSR count). The minimum atomic E-state index is 1.37. The second-order valence-electron chi connectivity index (χ2n) is 6.79. The van der Waals surface area contributed by atoms with Gasteiger partial charge in [-0.3, -0.25) is 0 Å². The molecule has 1 nitrogen and oxygen atoms in total. The van der Waals surface area contributed by atoms with E-state index in [1.54, 1.807) is 0 Å². The summed E-state index contributed by atoms with van der Waals surface area (Å²) in [6.45, 7) is 6.42. The van der Waals surface area contributed by atoms with Gasteiger partial charge in [-0.15, -0.1) is 0 Å². The fraction of sp³-hybridized carbons (Fsp3) is 1.00. The minimum Gasteiger partial charge on any atom is -0.303 e. The lowest BCUT2D eigenvalue weighted by atomic mass is 10.0. The van der Waals surface area contributed by atoms with Crippen molar-refractivity contribution in [1.82, 2.24) is 4.90 Å². The van der Waals surface area contributed by atoms with Gasteiger partial charge < -0.3 is 4.90 Å². The van der Waals surface area contributed by atoms with Crippen molar-refractivity contribution in [2.45, 2.75) is 103 Å². The third kappa shape index (κ3) is 10.7.